The summed E-state index contributed by atoms with van der Waals surface area (Å²) in [4.78, 5) is 26.9. The van der Waals surface area contributed by atoms with Gasteiger partial charge in [0.05, 0.1) is 0 Å². The Bertz CT molecular complexity index is 1090. The van der Waals surface area contributed by atoms with Gasteiger partial charge < -0.3 is 15.5 Å². The van der Waals surface area contributed by atoms with Crippen LogP contribution in [0.1, 0.15) is 46.1 Å². The van der Waals surface area contributed by atoms with E-state index in [4.69, 9.17) is 0 Å². The highest BCUT2D eigenvalue weighted by Crippen LogP contribution is 2.31. The molecule has 2 N–H and O–H groups in total. The first kappa shape index (κ1) is 21.9. The fourth-order valence-corrected chi connectivity index (χ4v) is 4.59. The molecule has 0 aliphatic carbocycles. The number of benzene rings is 2. The lowest BCUT2D eigenvalue weighted by Crippen LogP contribution is -2.40. The zero-order chi connectivity index (χ0) is 22.5. The molecule has 0 saturated carbocycles. The Morgan fingerprint density at radius 1 is 1.06 bits per heavy atom. The maximum absolute atomic E-state index is 13.0. The Labute approximate surface area is 189 Å². The van der Waals surface area contributed by atoms with Crippen LogP contribution in [0.2, 0.25) is 0 Å². The topological polar surface area (TPSA) is 87.2 Å². The number of aromatic nitrogens is 2. The fourth-order valence-electron chi connectivity index (χ4n) is 3.68. The molecule has 1 fully saturated rings. The molecule has 0 spiro atoms. The zero-order valence-electron chi connectivity index (χ0n) is 17.7. The van der Waals surface area contributed by atoms with Crippen molar-refractivity contribution in [2.24, 2.45) is 0 Å². The second kappa shape index (κ2) is 9.86. The number of rotatable bonds is 5. The van der Waals surface area contributed by atoms with Gasteiger partial charge in [0.25, 0.3) is 5.91 Å². The summed E-state index contributed by atoms with van der Waals surface area (Å²) in [6.07, 6.45) is 2.38. The third-order valence-corrected chi connectivity index (χ3v) is 6.59. The number of carbonyl (C=O) groups is 2. The van der Waals surface area contributed by atoms with E-state index in [9.17, 15) is 14.0 Å². The lowest BCUT2D eigenvalue weighted by molar-refractivity contribution is 0.102. The van der Waals surface area contributed by atoms with E-state index < -0.39 is 0 Å². The summed E-state index contributed by atoms with van der Waals surface area (Å²) in [7, 11) is 0. The van der Waals surface area contributed by atoms with Gasteiger partial charge in [-0.1, -0.05) is 36.5 Å². The number of nitrogens with one attached hydrogen (secondary N) is 2. The molecule has 1 aliphatic rings. The molecular formula is C23H24FN5O2S. The van der Waals surface area contributed by atoms with E-state index in [1.54, 1.807) is 0 Å². The minimum absolute atomic E-state index is 0.0963. The number of carbonyl (C=O) groups excluding carboxylic acids is 2. The van der Waals surface area contributed by atoms with Crippen molar-refractivity contribution in [1.29, 1.82) is 0 Å². The summed E-state index contributed by atoms with van der Waals surface area (Å²) in [6, 6.07) is 13.3. The third kappa shape index (κ3) is 5.11. The van der Waals surface area contributed by atoms with Gasteiger partial charge in [-0.25, -0.2) is 9.18 Å². The van der Waals surface area contributed by atoms with E-state index in [0.29, 0.717) is 18.8 Å². The third-order valence-electron chi connectivity index (χ3n) is 5.51. The van der Waals surface area contributed by atoms with Gasteiger partial charge in [-0.2, -0.15) is 0 Å². The molecule has 3 amide bonds. The summed E-state index contributed by atoms with van der Waals surface area (Å²) in [5.74, 6) is -0.575. The molecule has 1 aliphatic heterocycles. The molecule has 3 aromatic rings. The average molecular weight is 454 g/mol. The van der Waals surface area contributed by atoms with Gasteiger partial charge in [0.15, 0.2) is 0 Å². The van der Waals surface area contributed by atoms with Crippen molar-refractivity contribution in [2.45, 2.75) is 32.1 Å². The van der Waals surface area contributed by atoms with E-state index >= 15 is 0 Å². The number of amides is 3. The van der Waals surface area contributed by atoms with Crippen LogP contribution in [-0.2, 0) is 6.42 Å². The fraction of sp³-hybridized carbons (Fsp3) is 0.304. The summed E-state index contributed by atoms with van der Waals surface area (Å²) in [6.45, 7) is 3.29. The number of hydrogen-bond donors (Lipinski definition) is 2. The van der Waals surface area contributed by atoms with Crippen LogP contribution < -0.4 is 10.6 Å². The molecule has 0 atom stereocenters. The molecule has 0 bridgehead atoms. The zero-order valence-corrected chi connectivity index (χ0v) is 18.5. The number of nitrogens with zero attached hydrogens (tertiary/aromatic N) is 3. The molecule has 7 nitrogen and oxygen atoms in total. The van der Waals surface area contributed by atoms with Crippen molar-refractivity contribution in [3.63, 3.8) is 0 Å². The number of halogens is 1. The van der Waals surface area contributed by atoms with Crippen molar-refractivity contribution in [3.05, 3.63) is 69.9 Å². The highest BCUT2D eigenvalue weighted by molar-refractivity contribution is 7.13. The lowest BCUT2D eigenvalue weighted by atomic mass is 9.98. The first-order valence-electron chi connectivity index (χ1n) is 10.6. The predicted octanol–water partition coefficient (Wildman–Crippen LogP) is 4.90. The molecule has 0 radical (unpaired) electrons. The number of hydrogen-bond acceptors (Lipinski definition) is 5. The molecular weight excluding hydrogens is 429 g/mol. The Morgan fingerprint density at radius 2 is 1.78 bits per heavy atom. The highest BCUT2D eigenvalue weighted by Gasteiger charge is 2.27. The van der Waals surface area contributed by atoms with Gasteiger partial charge in [0, 0.05) is 30.4 Å². The summed E-state index contributed by atoms with van der Waals surface area (Å²) >= 11 is 1.26. The van der Waals surface area contributed by atoms with Crippen LogP contribution in [0.5, 0.6) is 0 Å². The summed E-state index contributed by atoms with van der Waals surface area (Å²) < 4.78 is 13.0. The van der Waals surface area contributed by atoms with Crippen molar-refractivity contribution >= 4 is 34.6 Å². The first-order valence-corrected chi connectivity index (χ1v) is 11.4. The number of para-hydroxylation sites is 1. The minimum Gasteiger partial charge on any atom is -0.324 e. The van der Waals surface area contributed by atoms with Crippen LogP contribution in [0, 0.1) is 5.82 Å². The molecule has 9 heteroatoms. The molecule has 0 unspecified atom stereocenters. The predicted molar refractivity (Wildman–Crippen MR) is 123 cm³/mol. The summed E-state index contributed by atoms with van der Waals surface area (Å²) in [5, 5.41) is 15.0. The van der Waals surface area contributed by atoms with Gasteiger partial charge in [0.1, 0.15) is 10.8 Å². The Balaban J connectivity index is 1.31. The molecule has 2 aromatic carbocycles. The number of likely N-dealkylation sites (tertiary alicyclic amines) is 1. The number of aryl methyl sites for hydroxylation is 1. The van der Waals surface area contributed by atoms with Crippen LogP contribution in [0.25, 0.3) is 0 Å². The van der Waals surface area contributed by atoms with Crippen molar-refractivity contribution < 1.29 is 14.0 Å². The second-order valence-electron chi connectivity index (χ2n) is 7.61. The Kier molecular flexibility index (Phi) is 6.75. The maximum Gasteiger partial charge on any atom is 0.321 e. The van der Waals surface area contributed by atoms with Crippen LogP contribution in [-0.4, -0.2) is 40.1 Å². The normalized spacial score (nSPS) is 14.2. The molecule has 166 valence electrons. The Hall–Kier alpha value is -3.33. The molecule has 2 heterocycles. The van der Waals surface area contributed by atoms with E-state index in [0.717, 1.165) is 35.5 Å². The van der Waals surface area contributed by atoms with Gasteiger partial charge in [-0.3, -0.25) is 4.79 Å². The molecule has 32 heavy (non-hydrogen) atoms. The second-order valence-corrected chi connectivity index (χ2v) is 8.62. The van der Waals surface area contributed by atoms with Crippen LogP contribution >= 0.6 is 11.3 Å². The van der Waals surface area contributed by atoms with Crippen molar-refractivity contribution in [1.82, 2.24) is 15.1 Å². The van der Waals surface area contributed by atoms with E-state index in [1.165, 1.54) is 35.6 Å². The number of anilines is 2. The average Bonchev–Trinajstić information content (AvgIpc) is 3.31. The van der Waals surface area contributed by atoms with Gasteiger partial charge in [-0.15, -0.1) is 10.2 Å². The molecule has 1 saturated heterocycles. The quantitative estimate of drug-likeness (QED) is 0.575. The first-order chi connectivity index (χ1) is 15.5. The lowest BCUT2D eigenvalue weighted by Gasteiger charge is -2.31. The SMILES string of the molecule is CCc1ccccc1NC(=O)N1CCC(c2nnc(C(=O)Nc3ccc(F)cc3)s2)CC1. The van der Waals surface area contributed by atoms with Crippen molar-refractivity contribution in [2.75, 3.05) is 23.7 Å². The minimum atomic E-state index is -0.369. The van der Waals surface area contributed by atoms with E-state index in [2.05, 4.69) is 27.8 Å². The summed E-state index contributed by atoms with van der Waals surface area (Å²) in [5.41, 5.74) is 2.45. The largest absolute Gasteiger partial charge is 0.324 e. The van der Waals surface area contributed by atoms with E-state index in [1.807, 2.05) is 29.2 Å². The van der Waals surface area contributed by atoms with Crippen LogP contribution in [0.4, 0.5) is 20.6 Å². The standard InChI is InChI=1S/C23H24FN5O2S/c1-2-15-5-3-4-6-19(15)26-23(31)29-13-11-16(12-14-29)21-27-28-22(32-21)20(30)25-18-9-7-17(24)8-10-18/h3-10,16H,2,11-14H2,1H3,(H,25,30)(H,26,31). The number of urea groups is 1. The van der Waals surface area contributed by atoms with Crippen LogP contribution in [0.15, 0.2) is 48.5 Å². The molecule has 1 aromatic heterocycles. The van der Waals surface area contributed by atoms with Gasteiger partial charge in [0.2, 0.25) is 5.01 Å². The maximum atomic E-state index is 13.0. The monoisotopic (exact) mass is 453 g/mol. The Morgan fingerprint density at radius 3 is 2.50 bits per heavy atom. The van der Waals surface area contributed by atoms with Gasteiger partial charge >= 0.3 is 6.03 Å². The van der Waals surface area contributed by atoms with Crippen molar-refractivity contribution in [3.8, 4) is 0 Å². The smallest absolute Gasteiger partial charge is 0.321 e. The number of piperidine rings is 1. The molecule has 4 rings (SSSR count). The highest BCUT2D eigenvalue weighted by atomic mass is 32.1. The van der Waals surface area contributed by atoms with E-state index in [-0.39, 0.29) is 28.7 Å². The van der Waals surface area contributed by atoms with Gasteiger partial charge in [-0.05, 0) is 55.2 Å². The van der Waals surface area contributed by atoms with Crippen LogP contribution in [0.3, 0.4) is 0 Å².